The van der Waals surface area contributed by atoms with E-state index in [-0.39, 0.29) is 0 Å². The summed E-state index contributed by atoms with van der Waals surface area (Å²) in [4.78, 5) is 0. The van der Waals surface area contributed by atoms with Crippen molar-refractivity contribution >= 4 is 11.6 Å². The molecule has 1 N–H and O–H groups in total. The zero-order valence-corrected chi connectivity index (χ0v) is 5.47. The monoisotopic (exact) mass is 143 g/mol. The highest BCUT2D eigenvalue weighted by Gasteiger charge is 1.88. The third-order valence-electron chi connectivity index (χ3n) is 0.998. The average Bonchev–Trinajstić information content (AvgIpc) is 1.88. The number of hydrogen-bond donors (Lipinski definition) is 1. The summed E-state index contributed by atoms with van der Waals surface area (Å²) in [7, 11) is 0. The summed E-state index contributed by atoms with van der Waals surface area (Å²) in [6.45, 7) is -1.18. The van der Waals surface area contributed by atoms with Crippen LogP contribution in [-0.2, 0) is 6.58 Å². The maximum absolute atomic E-state index is 8.76. The molecule has 0 fully saturated rings. The Balaban J connectivity index is 2.96. The van der Waals surface area contributed by atoms with E-state index in [1.165, 1.54) is 0 Å². The fraction of sp³-hybridized carbons (Fsp3) is 0.143. The van der Waals surface area contributed by atoms with Crippen LogP contribution in [-0.4, -0.2) is 5.11 Å². The fourth-order valence-electron chi connectivity index (χ4n) is 0.587. The first kappa shape index (κ1) is 5.27. The maximum atomic E-state index is 8.76. The Hall–Kier alpha value is -0.530. The molecule has 1 nitrogen and oxygen atoms in total. The average molecular weight is 144 g/mol. The van der Waals surface area contributed by atoms with Crippen molar-refractivity contribution in [2.24, 2.45) is 0 Å². The molecule has 0 aliphatic carbocycles. The zero-order chi connectivity index (χ0) is 7.56. The van der Waals surface area contributed by atoms with Crippen molar-refractivity contribution in [3.63, 3.8) is 0 Å². The standard InChI is InChI=1S/C7H7ClO/c8-7-3-1-2-6(4-7)5-9/h1-4,9H,5H2/i5D/t5-/m0/s1. The molecule has 0 aliphatic rings. The Bertz CT molecular complexity index is 225. The zero-order valence-electron chi connectivity index (χ0n) is 5.71. The lowest BCUT2D eigenvalue weighted by molar-refractivity contribution is 0.282. The van der Waals surface area contributed by atoms with E-state index in [1.807, 2.05) is 0 Å². The van der Waals surface area contributed by atoms with Gasteiger partial charge in [0.2, 0.25) is 0 Å². The minimum atomic E-state index is -1.18. The summed E-state index contributed by atoms with van der Waals surface area (Å²) in [5, 5.41) is 9.30. The van der Waals surface area contributed by atoms with Crippen LogP contribution >= 0.6 is 11.6 Å². The molecule has 0 saturated carbocycles. The molecule has 0 unspecified atom stereocenters. The normalized spacial score (nSPS) is 14.7. The molecule has 1 rings (SSSR count). The minimum Gasteiger partial charge on any atom is -0.392 e. The highest BCUT2D eigenvalue weighted by atomic mass is 35.5. The van der Waals surface area contributed by atoms with E-state index in [9.17, 15) is 0 Å². The first-order valence-corrected chi connectivity index (χ1v) is 2.94. The van der Waals surface area contributed by atoms with E-state index < -0.39 is 6.58 Å². The Labute approximate surface area is 60.3 Å². The van der Waals surface area contributed by atoms with Gasteiger partial charge in [0.05, 0.1) is 7.95 Å². The number of aliphatic hydroxyl groups excluding tert-OH is 1. The van der Waals surface area contributed by atoms with Gasteiger partial charge in [0.15, 0.2) is 0 Å². The third kappa shape index (κ3) is 1.70. The van der Waals surface area contributed by atoms with Crippen LogP contribution in [0.4, 0.5) is 0 Å². The second kappa shape index (κ2) is 2.85. The van der Waals surface area contributed by atoms with Gasteiger partial charge in [-0.15, -0.1) is 0 Å². The van der Waals surface area contributed by atoms with Crippen molar-refractivity contribution in [2.75, 3.05) is 0 Å². The van der Waals surface area contributed by atoms with Crippen LogP contribution in [0.2, 0.25) is 5.02 Å². The smallest absolute Gasteiger partial charge is 0.0682 e. The lowest BCUT2D eigenvalue weighted by Crippen LogP contribution is -1.79. The molecule has 2 heteroatoms. The fourth-order valence-corrected chi connectivity index (χ4v) is 0.786. The van der Waals surface area contributed by atoms with Gasteiger partial charge < -0.3 is 5.11 Å². The molecule has 1 aromatic carbocycles. The van der Waals surface area contributed by atoms with Crippen molar-refractivity contribution in [1.82, 2.24) is 0 Å². The molecule has 1 aromatic rings. The van der Waals surface area contributed by atoms with Crippen LogP contribution in [0, 0.1) is 0 Å². The highest BCUT2D eigenvalue weighted by molar-refractivity contribution is 6.30. The van der Waals surface area contributed by atoms with E-state index in [0.29, 0.717) is 10.6 Å². The number of hydrogen-bond acceptors (Lipinski definition) is 1. The van der Waals surface area contributed by atoms with Crippen LogP contribution < -0.4 is 0 Å². The van der Waals surface area contributed by atoms with Crippen molar-refractivity contribution in [2.45, 2.75) is 6.58 Å². The van der Waals surface area contributed by atoms with Gasteiger partial charge in [0.1, 0.15) is 0 Å². The highest BCUT2D eigenvalue weighted by Crippen LogP contribution is 2.09. The summed E-state index contributed by atoms with van der Waals surface area (Å²) >= 11 is 5.59. The van der Waals surface area contributed by atoms with Crippen molar-refractivity contribution in [3.05, 3.63) is 34.9 Å². The van der Waals surface area contributed by atoms with Gasteiger partial charge in [-0.1, -0.05) is 23.7 Å². The van der Waals surface area contributed by atoms with Gasteiger partial charge in [-0.25, -0.2) is 0 Å². The largest absolute Gasteiger partial charge is 0.392 e. The van der Waals surface area contributed by atoms with Gasteiger partial charge in [-0.2, -0.15) is 0 Å². The summed E-state index contributed by atoms with van der Waals surface area (Å²) in [5.74, 6) is 0. The van der Waals surface area contributed by atoms with E-state index in [0.717, 1.165) is 0 Å². The first-order chi connectivity index (χ1) is 4.70. The van der Waals surface area contributed by atoms with Crippen molar-refractivity contribution in [1.29, 1.82) is 0 Å². The van der Waals surface area contributed by atoms with Crippen LogP contribution in [0.5, 0.6) is 0 Å². The molecule has 0 aliphatic heterocycles. The Morgan fingerprint density at radius 1 is 1.67 bits per heavy atom. The summed E-state index contributed by atoms with van der Waals surface area (Å²) < 4.78 is 6.91. The van der Waals surface area contributed by atoms with E-state index in [1.54, 1.807) is 24.3 Å². The van der Waals surface area contributed by atoms with Gasteiger partial charge in [0, 0.05) is 5.02 Å². The Morgan fingerprint density at radius 2 is 2.44 bits per heavy atom. The number of benzene rings is 1. The summed E-state index contributed by atoms with van der Waals surface area (Å²) in [6.07, 6.45) is 0. The lowest BCUT2D eigenvalue weighted by Gasteiger charge is -1.93. The first-order valence-electron chi connectivity index (χ1n) is 3.13. The van der Waals surface area contributed by atoms with Crippen LogP contribution in [0.1, 0.15) is 6.93 Å². The van der Waals surface area contributed by atoms with E-state index in [4.69, 9.17) is 18.1 Å². The molecule has 1 atom stereocenters. The molecule has 0 aromatic heterocycles. The molecule has 0 bridgehead atoms. The molecule has 0 heterocycles. The molecule has 0 amide bonds. The molecule has 0 spiro atoms. The third-order valence-corrected chi connectivity index (χ3v) is 1.23. The van der Waals surface area contributed by atoms with Gasteiger partial charge in [-0.05, 0) is 17.7 Å². The number of rotatable bonds is 1. The molecular formula is C7H7ClO. The van der Waals surface area contributed by atoms with Crippen molar-refractivity contribution in [3.8, 4) is 0 Å². The number of halogens is 1. The number of aliphatic hydroxyl groups is 1. The van der Waals surface area contributed by atoms with Crippen LogP contribution in [0.15, 0.2) is 24.3 Å². The maximum Gasteiger partial charge on any atom is 0.0682 e. The quantitative estimate of drug-likeness (QED) is 0.636. The molecule has 9 heavy (non-hydrogen) atoms. The second-order valence-electron chi connectivity index (χ2n) is 1.68. The van der Waals surface area contributed by atoms with Crippen LogP contribution in [0.25, 0.3) is 0 Å². The molecule has 0 radical (unpaired) electrons. The summed E-state index contributed by atoms with van der Waals surface area (Å²) in [6, 6.07) is 6.63. The Kier molecular flexibility index (Phi) is 1.67. The predicted molar refractivity (Wildman–Crippen MR) is 37.4 cm³/mol. The summed E-state index contributed by atoms with van der Waals surface area (Å²) in [5.41, 5.74) is 0.521. The van der Waals surface area contributed by atoms with Gasteiger partial charge in [-0.3, -0.25) is 0 Å². The molecular weight excluding hydrogens is 136 g/mol. The molecule has 0 saturated heterocycles. The van der Waals surface area contributed by atoms with E-state index >= 15 is 0 Å². The topological polar surface area (TPSA) is 20.2 Å². The van der Waals surface area contributed by atoms with Gasteiger partial charge in [0.25, 0.3) is 0 Å². The Morgan fingerprint density at radius 3 is 2.89 bits per heavy atom. The predicted octanol–water partition coefficient (Wildman–Crippen LogP) is 1.83. The lowest BCUT2D eigenvalue weighted by atomic mass is 10.2. The van der Waals surface area contributed by atoms with Gasteiger partial charge >= 0.3 is 0 Å². The SMILES string of the molecule is [2H][C@H](O)c1cccc(Cl)c1. The molecule has 48 valence electrons. The minimum absolute atomic E-state index is 0.521. The second-order valence-corrected chi connectivity index (χ2v) is 2.12. The van der Waals surface area contributed by atoms with Crippen LogP contribution in [0.3, 0.4) is 0 Å². The van der Waals surface area contributed by atoms with Crippen molar-refractivity contribution < 1.29 is 6.48 Å². The van der Waals surface area contributed by atoms with E-state index in [2.05, 4.69) is 0 Å².